The fraction of sp³-hybridized carbons (Fsp3) is 0.367. The van der Waals surface area contributed by atoms with Gasteiger partial charge in [0.05, 0.1) is 13.5 Å². The zero-order chi connectivity index (χ0) is 25.6. The van der Waals surface area contributed by atoms with E-state index in [-0.39, 0.29) is 23.6 Å². The normalized spacial score (nSPS) is 12.3. The molecule has 0 heterocycles. The van der Waals surface area contributed by atoms with Gasteiger partial charge in [-0.15, -0.1) is 0 Å². The predicted octanol–water partition coefficient (Wildman–Crippen LogP) is 7.64. The molecule has 5 heteroatoms. The van der Waals surface area contributed by atoms with Crippen LogP contribution in [0.2, 0.25) is 0 Å². The average molecular weight is 479 g/mol. The SMILES string of the molecule is COc1ccc(F)c(-c2ccc(COc3cccc([C@@H](C)CC(=O)O)c3)cc2CCC(C)(C)C)c1. The first-order valence-corrected chi connectivity index (χ1v) is 12.0. The summed E-state index contributed by atoms with van der Waals surface area (Å²) in [6.07, 6.45) is 1.84. The zero-order valence-electron chi connectivity index (χ0n) is 21.2. The molecule has 0 saturated heterocycles. The molecule has 0 radical (unpaired) electrons. The summed E-state index contributed by atoms with van der Waals surface area (Å²) >= 11 is 0. The van der Waals surface area contributed by atoms with E-state index in [0.717, 1.165) is 35.1 Å². The van der Waals surface area contributed by atoms with Gasteiger partial charge in [-0.3, -0.25) is 4.79 Å². The molecule has 0 aliphatic carbocycles. The molecule has 1 atom stereocenters. The van der Waals surface area contributed by atoms with E-state index < -0.39 is 5.97 Å². The molecule has 0 bridgehead atoms. The minimum Gasteiger partial charge on any atom is -0.497 e. The van der Waals surface area contributed by atoms with Gasteiger partial charge in [0, 0.05) is 5.56 Å². The van der Waals surface area contributed by atoms with E-state index in [1.54, 1.807) is 19.2 Å². The van der Waals surface area contributed by atoms with Gasteiger partial charge in [0.15, 0.2) is 0 Å². The smallest absolute Gasteiger partial charge is 0.303 e. The van der Waals surface area contributed by atoms with E-state index in [0.29, 0.717) is 23.7 Å². The van der Waals surface area contributed by atoms with Crippen LogP contribution in [-0.2, 0) is 17.8 Å². The zero-order valence-corrected chi connectivity index (χ0v) is 21.2. The van der Waals surface area contributed by atoms with Crippen LogP contribution in [0.5, 0.6) is 11.5 Å². The number of carboxylic acids is 1. The quantitative estimate of drug-likeness (QED) is 0.325. The molecule has 0 saturated carbocycles. The van der Waals surface area contributed by atoms with E-state index in [1.165, 1.54) is 6.07 Å². The summed E-state index contributed by atoms with van der Waals surface area (Å²) in [5.74, 6) is 0.113. The van der Waals surface area contributed by atoms with Crippen LogP contribution in [0, 0.1) is 11.2 Å². The highest BCUT2D eigenvalue weighted by molar-refractivity contribution is 5.70. The van der Waals surface area contributed by atoms with Crippen molar-refractivity contribution in [2.75, 3.05) is 7.11 Å². The molecule has 35 heavy (non-hydrogen) atoms. The average Bonchev–Trinajstić information content (AvgIpc) is 2.81. The van der Waals surface area contributed by atoms with E-state index in [1.807, 2.05) is 43.3 Å². The van der Waals surface area contributed by atoms with Gasteiger partial charge < -0.3 is 14.6 Å². The Bertz CT molecular complexity index is 1160. The molecule has 1 N–H and O–H groups in total. The second-order valence-corrected chi connectivity index (χ2v) is 10.3. The summed E-state index contributed by atoms with van der Waals surface area (Å²) in [5.41, 5.74) is 4.52. The Labute approximate surface area is 207 Å². The van der Waals surface area contributed by atoms with Crippen LogP contribution >= 0.6 is 0 Å². The first-order chi connectivity index (χ1) is 16.6. The molecule has 0 spiro atoms. The molecule has 0 aliphatic rings. The van der Waals surface area contributed by atoms with Gasteiger partial charge in [-0.25, -0.2) is 4.39 Å². The van der Waals surface area contributed by atoms with Gasteiger partial charge in [0.1, 0.15) is 23.9 Å². The maximum Gasteiger partial charge on any atom is 0.303 e. The van der Waals surface area contributed by atoms with Gasteiger partial charge in [0.2, 0.25) is 0 Å². The fourth-order valence-electron chi connectivity index (χ4n) is 4.01. The lowest BCUT2D eigenvalue weighted by Crippen LogP contribution is -2.08. The van der Waals surface area contributed by atoms with E-state index >= 15 is 0 Å². The van der Waals surface area contributed by atoms with Gasteiger partial charge in [-0.2, -0.15) is 0 Å². The highest BCUT2D eigenvalue weighted by atomic mass is 19.1. The van der Waals surface area contributed by atoms with Crippen LogP contribution in [-0.4, -0.2) is 18.2 Å². The second-order valence-electron chi connectivity index (χ2n) is 10.3. The maximum atomic E-state index is 14.8. The minimum absolute atomic E-state index is 0.0723. The van der Waals surface area contributed by atoms with Gasteiger partial charge in [0.25, 0.3) is 0 Å². The van der Waals surface area contributed by atoms with Crippen LogP contribution < -0.4 is 9.47 Å². The third-order valence-electron chi connectivity index (χ3n) is 6.09. The van der Waals surface area contributed by atoms with Crippen LogP contribution in [0.25, 0.3) is 11.1 Å². The van der Waals surface area contributed by atoms with Crippen molar-refractivity contribution in [3.8, 4) is 22.6 Å². The molecule has 3 rings (SSSR count). The van der Waals surface area contributed by atoms with Crippen molar-refractivity contribution >= 4 is 5.97 Å². The first kappa shape index (κ1) is 26.3. The largest absolute Gasteiger partial charge is 0.497 e. The molecule has 0 aliphatic heterocycles. The standard InChI is InChI=1S/C30H35FO4/c1-20(15-29(32)33)22-7-6-8-25(17-22)35-19-21-9-11-26(23(16-21)13-14-30(2,3)4)27-18-24(34-5)10-12-28(27)31/h6-12,16-18,20H,13-15,19H2,1-5H3,(H,32,33)/t20-/m0/s1. The summed E-state index contributed by atoms with van der Waals surface area (Å²) in [7, 11) is 1.58. The summed E-state index contributed by atoms with van der Waals surface area (Å²) in [4.78, 5) is 11.1. The summed E-state index contributed by atoms with van der Waals surface area (Å²) in [6, 6.07) is 18.4. The molecule has 0 amide bonds. The van der Waals surface area contributed by atoms with E-state index in [2.05, 4.69) is 26.8 Å². The first-order valence-electron chi connectivity index (χ1n) is 12.0. The van der Waals surface area contributed by atoms with Crippen molar-refractivity contribution in [1.29, 1.82) is 0 Å². The third kappa shape index (κ3) is 7.57. The van der Waals surface area contributed by atoms with Crippen LogP contribution in [0.1, 0.15) is 63.1 Å². The predicted molar refractivity (Wildman–Crippen MR) is 138 cm³/mol. The van der Waals surface area contributed by atoms with Crippen molar-refractivity contribution in [2.45, 2.75) is 59.5 Å². The number of benzene rings is 3. The minimum atomic E-state index is -0.820. The van der Waals surface area contributed by atoms with Crippen molar-refractivity contribution < 1.29 is 23.8 Å². The number of hydrogen-bond donors (Lipinski definition) is 1. The highest BCUT2D eigenvalue weighted by Gasteiger charge is 2.16. The number of carbonyl (C=O) groups is 1. The number of carboxylic acid groups (broad SMARTS) is 1. The maximum absolute atomic E-state index is 14.8. The molecule has 3 aromatic carbocycles. The van der Waals surface area contributed by atoms with Crippen LogP contribution in [0.15, 0.2) is 60.7 Å². The Morgan fingerprint density at radius 2 is 1.77 bits per heavy atom. The molecule has 186 valence electrons. The number of ether oxygens (including phenoxy) is 2. The third-order valence-corrected chi connectivity index (χ3v) is 6.09. The molecule has 0 unspecified atom stereocenters. The van der Waals surface area contributed by atoms with Crippen LogP contribution in [0.3, 0.4) is 0 Å². The summed E-state index contributed by atoms with van der Waals surface area (Å²) in [6.45, 7) is 8.85. The number of hydrogen-bond acceptors (Lipinski definition) is 3. The summed E-state index contributed by atoms with van der Waals surface area (Å²) < 4.78 is 26.2. The van der Waals surface area contributed by atoms with Crippen molar-refractivity contribution in [1.82, 2.24) is 0 Å². The topological polar surface area (TPSA) is 55.8 Å². The fourth-order valence-corrected chi connectivity index (χ4v) is 4.01. The lowest BCUT2D eigenvalue weighted by atomic mass is 9.86. The molecular weight excluding hydrogens is 443 g/mol. The van der Waals surface area contributed by atoms with E-state index in [9.17, 15) is 9.18 Å². The van der Waals surface area contributed by atoms with Gasteiger partial charge in [-0.05, 0) is 76.8 Å². The summed E-state index contributed by atoms with van der Waals surface area (Å²) in [5, 5.41) is 9.08. The van der Waals surface area contributed by atoms with Crippen molar-refractivity contribution in [3.05, 3.63) is 83.2 Å². The number of halogens is 1. The number of methoxy groups -OCH3 is 1. The Kier molecular flexibility index (Phi) is 8.55. The molecular formula is C30H35FO4. The highest BCUT2D eigenvalue weighted by Crippen LogP contribution is 2.33. The molecule has 0 fully saturated rings. The second kappa shape index (κ2) is 11.4. The molecule has 0 aromatic heterocycles. The lowest BCUT2D eigenvalue weighted by molar-refractivity contribution is -0.137. The lowest BCUT2D eigenvalue weighted by Gasteiger charge is -2.20. The monoisotopic (exact) mass is 478 g/mol. The number of rotatable bonds is 10. The van der Waals surface area contributed by atoms with Crippen molar-refractivity contribution in [2.24, 2.45) is 5.41 Å². The molecule has 4 nitrogen and oxygen atoms in total. The van der Waals surface area contributed by atoms with Gasteiger partial charge >= 0.3 is 5.97 Å². The van der Waals surface area contributed by atoms with Crippen LogP contribution in [0.4, 0.5) is 4.39 Å². The Morgan fingerprint density at radius 1 is 1.00 bits per heavy atom. The number of aryl methyl sites for hydroxylation is 1. The Hall–Kier alpha value is -3.34. The molecule has 3 aromatic rings. The Balaban J connectivity index is 1.86. The van der Waals surface area contributed by atoms with Crippen molar-refractivity contribution in [3.63, 3.8) is 0 Å². The Morgan fingerprint density at radius 3 is 2.46 bits per heavy atom. The van der Waals surface area contributed by atoms with E-state index in [4.69, 9.17) is 14.6 Å². The van der Waals surface area contributed by atoms with Gasteiger partial charge in [-0.1, -0.05) is 58.0 Å². The number of aliphatic carboxylic acids is 1.